The molecule has 2 nitrogen and oxygen atoms in total. The number of hydrogen-bond donors (Lipinski definition) is 1. The van der Waals surface area contributed by atoms with Crippen molar-refractivity contribution < 1.29 is 17.9 Å². The number of benzene rings is 1. The highest BCUT2D eigenvalue weighted by molar-refractivity contribution is 5.26. The molecule has 0 fully saturated rings. The molecule has 16 heavy (non-hydrogen) atoms. The summed E-state index contributed by atoms with van der Waals surface area (Å²) in [7, 11) is 0. The van der Waals surface area contributed by atoms with Crippen molar-refractivity contribution in [1.29, 1.82) is 0 Å². The molecule has 0 saturated carbocycles. The van der Waals surface area contributed by atoms with Crippen molar-refractivity contribution in [3.05, 3.63) is 29.8 Å². The van der Waals surface area contributed by atoms with Crippen LogP contribution in [0.5, 0.6) is 5.75 Å². The van der Waals surface area contributed by atoms with Crippen LogP contribution in [-0.4, -0.2) is 18.3 Å². The quantitative estimate of drug-likeness (QED) is 0.871. The third-order valence-corrected chi connectivity index (χ3v) is 2.08. The number of rotatable bonds is 3. The Labute approximate surface area is 92.2 Å². The Bertz CT molecular complexity index is 332. The Hall–Kier alpha value is -1.23. The van der Waals surface area contributed by atoms with Crippen LogP contribution < -0.4 is 10.5 Å². The molecule has 0 radical (unpaired) electrons. The summed E-state index contributed by atoms with van der Waals surface area (Å²) in [6.45, 7) is 3.11. The van der Waals surface area contributed by atoms with Crippen molar-refractivity contribution in [2.24, 2.45) is 5.73 Å². The third kappa shape index (κ3) is 3.41. The summed E-state index contributed by atoms with van der Waals surface area (Å²) >= 11 is 0. The highest BCUT2D eigenvalue weighted by atomic mass is 19.4. The molecule has 0 aliphatic heterocycles. The maximum Gasteiger partial charge on any atom is 0.426 e. The standard InChI is InChI=1S/C11H14F3NO/c1-7-3-5-9(6-4-7)16-10(8(2)15)11(12,13)14/h3-6,8,10H,15H2,1-2H3. The number of nitrogens with two attached hydrogens (primary N) is 1. The van der Waals surface area contributed by atoms with E-state index in [9.17, 15) is 13.2 Å². The minimum absolute atomic E-state index is 0.172. The first kappa shape index (κ1) is 12.8. The van der Waals surface area contributed by atoms with Crippen molar-refractivity contribution in [1.82, 2.24) is 0 Å². The van der Waals surface area contributed by atoms with Gasteiger partial charge in [-0.15, -0.1) is 0 Å². The predicted octanol–water partition coefficient (Wildman–Crippen LogP) is 2.65. The van der Waals surface area contributed by atoms with Crippen molar-refractivity contribution in [3.63, 3.8) is 0 Å². The van der Waals surface area contributed by atoms with Gasteiger partial charge in [-0.1, -0.05) is 17.7 Å². The van der Waals surface area contributed by atoms with Gasteiger partial charge in [0.15, 0.2) is 0 Å². The molecular formula is C11H14F3NO. The smallest absolute Gasteiger partial charge is 0.426 e. The first-order chi connectivity index (χ1) is 7.30. The highest BCUT2D eigenvalue weighted by Crippen LogP contribution is 2.26. The van der Waals surface area contributed by atoms with E-state index in [4.69, 9.17) is 10.5 Å². The van der Waals surface area contributed by atoms with Crippen molar-refractivity contribution in [3.8, 4) is 5.75 Å². The van der Waals surface area contributed by atoms with Gasteiger partial charge in [-0.3, -0.25) is 0 Å². The molecule has 1 aromatic rings. The molecule has 1 rings (SSSR count). The van der Waals surface area contributed by atoms with Gasteiger partial charge in [-0.2, -0.15) is 13.2 Å². The molecule has 0 saturated heterocycles. The number of alkyl halides is 3. The minimum atomic E-state index is -4.46. The zero-order valence-corrected chi connectivity index (χ0v) is 9.08. The molecule has 2 unspecified atom stereocenters. The summed E-state index contributed by atoms with van der Waals surface area (Å²) in [5.41, 5.74) is 6.21. The molecule has 0 bridgehead atoms. The maximum atomic E-state index is 12.5. The lowest BCUT2D eigenvalue weighted by Crippen LogP contribution is -2.47. The fourth-order valence-corrected chi connectivity index (χ4v) is 1.24. The summed E-state index contributed by atoms with van der Waals surface area (Å²) in [5, 5.41) is 0. The number of halogens is 3. The molecule has 0 heterocycles. The SMILES string of the molecule is Cc1ccc(OC(C(C)N)C(F)(F)F)cc1. The van der Waals surface area contributed by atoms with Crippen molar-refractivity contribution >= 4 is 0 Å². The summed E-state index contributed by atoms with van der Waals surface area (Å²) in [6, 6.07) is 5.25. The summed E-state index contributed by atoms with van der Waals surface area (Å²) in [6.07, 6.45) is -6.44. The van der Waals surface area contributed by atoms with Gasteiger partial charge in [-0.25, -0.2) is 0 Å². The van der Waals surface area contributed by atoms with Crippen LogP contribution in [0.25, 0.3) is 0 Å². The van der Waals surface area contributed by atoms with Gasteiger partial charge in [-0.05, 0) is 26.0 Å². The van der Waals surface area contributed by atoms with E-state index in [2.05, 4.69) is 0 Å². The van der Waals surface area contributed by atoms with Crippen LogP contribution in [0.1, 0.15) is 12.5 Å². The second-order valence-corrected chi connectivity index (χ2v) is 3.75. The average molecular weight is 233 g/mol. The largest absolute Gasteiger partial charge is 0.479 e. The molecule has 0 amide bonds. The van der Waals surface area contributed by atoms with Crippen LogP contribution in [0.2, 0.25) is 0 Å². The maximum absolute atomic E-state index is 12.5. The molecule has 1 aromatic carbocycles. The molecule has 0 aliphatic carbocycles. The van der Waals surface area contributed by atoms with Gasteiger partial charge < -0.3 is 10.5 Å². The van der Waals surface area contributed by atoms with Crippen LogP contribution in [0.15, 0.2) is 24.3 Å². The van der Waals surface area contributed by atoms with E-state index < -0.39 is 18.3 Å². The Kier molecular flexibility index (Phi) is 3.80. The van der Waals surface area contributed by atoms with Crippen LogP contribution in [-0.2, 0) is 0 Å². The zero-order chi connectivity index (χ0) is 12.3. The summed E-state index contributed by atoms with van der Waals surface area (Å²) in [5.74, 6) is 0.172. The van der Waals surface area contributed by atoms with Gasteiger partial charge >= 0.3 is 6.18 Å². The van der Waals surface area contributed by atoms with Crippen LogP contribution in [0.4, 0.5) is 13.2 Å². The number of aryl methyl sites for hydroxylation is 1. The summed E-state index contributed by atoms with van der Waals surface area (Å²) < 4.78 is 42.4. The fraction of sp³-hybridized carbons (Fsp3) is 0.455. The van der Waals surface area contributed by atoms with E-state index in [1.165, 1.54) is 19.1 Å². The van der Waals surface area contributed by atoms with Gasteiger partial charge in [0.2, 0.25) is 6.10 Å². The molecular weight excluding hydrogens is 219 g/mol. The minimum Gasteiger partial charge on any atom is -0.479 e. The van der Waals surface area contributed by atoms with Crippen molar-refractivity contribution in [2.75, 3.05) is 0 Å². The average Bonchev–Trinajstić information content (AvgIpc) is 2.14. The summed E-state index contributed by atoms with van der Waals surface area (Å²) in [4.78, 5) is 0. The van der Waals surface area contributed by atoms with E-state index in [1.807, 2.05) is 6.92 Å². The van der Waals surface area contributed by atoms with Crippen LogP contribution >= 0.6 is 0 Å². The normalized spacial score (nSPS) is 15.6. The Morgan fingerprint density at radius 3 is 2.06 bits per heavy atom. The monoisotopic (exact) mass is 233 g/mol. The predicted molar refractivity (Wildman–Crippen MR) is 55.3 cm³/mol. The van der Waals surface area contributed by atoms with Gasteiger partial charge in [0.25, 0.3) is 0 Å². The molecule has 2 atom stereocenters. The lowest BCUT2D eigenvalue weighted by molar-refractivity contribution is -0.199. The van der Waals surface area contributed by atoms with Crippen molar-refractivity contribution in [2.45, 2.75) is 32.2 Å². The molecule has 0 aromatic heterocycles. The molecule has 0 spiro atoms. The first-order valence-corrected chi connectivity index (χ1v) is 4.86. The molecule has 5 heteroatoms. The van der Waals surface area contributed by atoms with E-state index in [0.29, 0.717) is 0 Å². The Morgan fingerprint density at radius 1 is 1.19 bits per heavy atom. The Balaban J connectivity index is 2.80. The van der Waals surface area contributed by atoms with Crippen LogP contribution in [0, 0.1) is 6.92 Å². The van der Waals surface area contributed by atoms with Gasteiger partial charge in [0.1, 0.15) is 5.75 Å². The van der Waals surface area contributed by atoms with Crippen LogP contribution in [0.3, 0.4) is 0 Å². The fourth-order valence-electron chi connectivity index (χ4n) is 1.24. The van der Waals surface area contributed by atoms with E-state index in [-0.39, 0.29) is 5.75 Å². The third-order valence-electron chi connectivity index (χ3n) is 2.08. The Morgan fingerprint density at radius 2 is 1.69 bits per heavy atom. The number of ether oxygens (including phenoxy) is 1. The number of hydrogen-bond acceptors (Lipinski definition) is 2. The highest BCUT2D eigenvalue weighted by Gasteiger charge is 2.44. The van der Waals surface area contributed by atoms with Gasteiger partial charge in [0, 0.05) is 6.04 Å². The van der Waals surface area contributed by atoms with Gasteiger partial charge in [0.05, 0.1) is 0 Å². The lowest BCUT2D eigenvalue weighted by Gasteiger charge is -2.24. The molecule has 0 aliphatic rings. The first-order valence-electron chi connectivity index (χ1n) is 4.86. The lowest BCUT2D eigenvalue weighted by atomic mass is 10.2. The zero-order valence-electron chi connectivity index (χ0n) is 9.08. The van der Waals surface area contributed by atoms with E-state index >= 15 is 0 Å². The topological polar surface area (TPSA) is 35.2 Å². The molecule has 90 valence electrons. The second kappa shape index (κ2) is 4.74. The second-order valence-electron chi connectivity index (χ2n) is 3.75. The molecule has 2 N–H and O–H groups in total. The van der Waals surface area contributed by atoms with E-state index in [1.54, 1.807) is 12.1 Å². The van der Waals surface area contributed by atoms with E-state index in [0.717, 1.165) is 5.56 Å².